The number of carbonyl (C=O) groups is 2. The minimum atomic E-state index is -0.770. The molecular formula is C20H21BrFNO4. The lowest BCUT2D eigenvalue weighted by Gasteiger charge is -2.37. The molecule has 0 radical (unpaired) electrons. The lowest BCUT2D eigenvalue weighted by molar-refractivity contribution is -0.135. The standard InChI is InChI=1S/C20H21BrFNO4/c1-26-9-8-23-17(12-4-2-3-5-14(12)22)16-18(24)13-10-11(21)6-7-15(13)27-19(16)20(23)25/h2-5,11,13,15,17H,6-10H2,1H3. The molecule has 0 saturated heterocycles. The number of carbonyl (C=O) groups excluding carboxylic acids is 2. The van der Waals surface area contributed by atoms with Crippen molar-refractivity contribution in [2.75, 3.05) is 20.3 Å². The number of rotatable bonds is 4. The molecule has 27 heavy (non-hydrogen) atoms. The highest BCUT2D eigenvalue weighted by Gasteiger charge is 2.52. The maximum atomic E-state index is 14.6. The van der Waals surface area contributed by atoms with Crippen LogP contribution in [0.25, 0.3) is 0 Å². The number of amides is 1. The lowest BCUT2D eigenvalue weighted by atomic mass is 9.77. The number of hydrogen-bond donors (Lipinski definition) is 0. The quantitative estimate of drug-likeness (QED) is 0.678. The number of hydrogen-bond acceptors (Lipinski definition) is 4. The molecule has 7 heteroatoms. The highest BCUT2D eigenvalue weighted by atomic mass is 79.9. The molecule has 2 aliphatic heterocycles. The maximum Gasteiger partial charge on any atom is 0.290 e. The zero-order valence-electron chi connectivity index (χ0n) is 15.0. The van der Waals surface area contributed by atoms with Gasteiger partial charge in [0.05, 0.1) is 24.1 Å². The summed E-state index contributed by atoms with van der Waals surface area (Å²) >= 11 is 3.60. The highest BCUT2D eigenvalue weighted by Crippen LogP contribution is 2.47. The molecule has 0 N–H and O–H groups in total. The molecule has 4 rings (SSSR count). The summed E-state index contributed by atoms with van der Waals surface area (Å²) in [5, 5.41) is 0. The van der Waals surface area contributed by atoms with Crippen molar-refractivity contribution in [3.05, 3.63) is 47.0 Å². The number of methoxy groups -OCH3 is 1. The molecule has 4 unspecified atom stereocenters. The van der Waals surface area contributed by atoms with Crippen molar-refractivity contribution in [2.45, 2.75) is 36.2 Å². The van der Waals surface area contributed by atoms with Gasteiger partial charge in [-0.15, -0.1) is 0 Å². The Hall–Kier alpha value is -1.73. The topological polar surface area (TPSA) is 55.8 Å². The van der Waals surface area contributed by atoms with Gasteiger partial charge in [-0.2, -0.15) is 0 Å². The van der Waals surface area contributed by atoms with E-state index in [2.05, 4.69) is 15.9 Å². The number of alkyl halides is 1. The zero-order chi connectivity index (χ0) is 19.1. The summed E-state index contributed by atoms with van der Waals surface area (Å²) in [4.78, 5) is 28.1. The van der Waals surface area contributed by atoms with Crippen LogP contribution in [0.3, 0.4) is 0 Å². The number of nitrogens with zero attached hydrogens (tertiary/aromatic N) is 1. The first-order valence-corrected chi connectivity index (χ1v) is 10.1. The van der Waals surface area contributed by atoms with Gasteiger partial charge in [-0.3, -0.25) is 9.59 Å². The lowest BCUT2D eigenvalue weighted by Crippen LogP contribution is -2.41. The van der Waals surface area contributed by atoms with Crippen LogP contribution in [0, 0.1) is 11.7 Å². The molecule has 1 aliphatic carbocycles. The third kappa shape index (κ3) is 3.10. The van der Waals surface area contributed by atoms with Crippen molar-refractivity contribution in [2.24, 2.45) is 5.92 Å². The molecule has 1 aromatic rings. The van der Waals surface area contributed by atoms with Crippen molar-refractivity contribution in [1.82, 2.24) is 4.90 Å². The van der Waals surface area contributed by atoms with E-state index in [1.165, 1.54) is 11.0 Å². The van der Waals surface area contributed by atoms with E-state index in [9.17, 15) is 14.0 Å². The van der Waals surface area contributed by atoms with Gasteiger partial charge in [-0.1, -0.05) is 34.1 Å². The van der Waals surface area contributed by atoms with Crippen LogP contribution in [0.15, 0.2) is 35.6 Å². The van der Waals surface area contributed by atoms with Crippen LogP contribution in [0.4, 0.5) is 4.39 Å². The number of fused-ring (bicyclic) bond motifs is 1. The number of benzene rings is 1. The van der Waals surface area contributed by atoms with Crippen LogP contribution in [-0.4, -0.2) is 47.8 Å². The van der Waals surface area contributed by atoms with Crippen molar-refractivity contribution in [3.8, 4) is 0 Å². The van der Waals surface area contributed by atoms with Crippen LogP contribution in [0.1, 0.15) is 30.9 Å². The second-order valence-electron chi connectivity index (χ2n) is 7.20. The zero-order valence-corrected chi connectivity index (χ0v) is 16.6. The molecule has 144 valence electrons. The van der Waals surface area contributed by atoms with Gasteiger partial charge in [-0.25, -0.2) is 4.39 Å². The molecule has 4 atom stereocenters. The Labute approximate surface area is 165 Å². The monoisotopic (exact) mass is 437 g/mol. The van der Waals surface area contributed by atoms with Crippen molar-refractivity contribution in [3.63, 3.8) is 0 Å². The fraction of sp³-hybridized carbons (Fsp3) is 0.500. The van der Waals surface area contributed by atoms with Crippen LogP contribution in [0.5, 0.6) is 0 Å². The van der Waals surface area contributed by atoms with Gasteiger partial charge in [0.1, 0.15) is 11.9 Å². The molecule has 5 nitrogen and oxygen atoms in total. The summed E-state index contributed by atoms with van der Waals surface area (Å²) in [6.07, 6.45) is 2.00. The minimum absolute atomic E-state index is 0.0908. The summed E-state index contributed by atoms with van der Waals surface area (Å²) in [7, 11) is 1.54. The smallest absolute Gasteiger partial charge is 0.290 e. The number of Topliss-reactive ketones (excluding diaryl/α,β-unsaturated/α-hetero) is 1. The first-order chi connectivity index (χ1) is 13.0. The number of ether oxygens (including phenoxy) is 2. The molecule has 0 bridgehead atoms. The predicted molar refractivity (Wildman–Crippen MR) is 99.7 cm³/mol. The van der Waals surface area contributed by atoms with E-state index in [1.54, 1.807) is 25.3 Å². The first kappa shape index (κ1) is 18.6. The van der Waals surface area contributed by atoms with Crippen LogP contribution in [0.2, 0.25) is 0 Å². The van der Waals surface area contributed by atoms with E-state index in [-0.39, 0.29) is 40.8 Å². The van der Waals surface area contributed by atoms with Crippen molar-refractivity contribution in [1.29, 1.82) is 0 Å². The minimum Gasteiger partial charge on any atom is -0.483 e. The third-order valence-corrected chi connectivity index (χ3v) is 6.45. The molecule has 1 aromatic carbocycles. The molecule has 2 heterocycles. The average Bonchev–Trinajstić information content (AvgIpc) is 2.93. The molecule has 0 aromatic heterocycles. The van der Waals surface area contributed by atoms with Gasteiger partial charge in [0, 0.05) is 24.0 Å². The summed E-state index contributed by atoms with van der Waals surface area (Å²) in [6.45, 7) is 0.552. The van der Waals surface area contributed by atoms with Crippen LogP contribution in [-0.2, 0) is 19.1 Å². The predicted octanol–water partition coefficient (Wildman–Crippen LogP) is 3.14. The second kappa shape index (κ2) is 7.36. The van der Waals surface area contributed by atoms with Crippen LogP contribution < -0.4 is 0 Å². The maximum absolute atomic E-state index is 14.6. The van der Waals surface area contributed by atoms with Gasteiger partial charge < -0.3 is 14.4 Å². The Balaban J connectivity index is 1.78. The van der Waals surface area contributed by atoms with Crippen molar-refractivity contribution < 1.29 is 23.5 Å². The SMILES string of the molecule is COCCN1C(=O)C2=C(C(=O)C3CC(Br)CCC3O2)C1c1ccccc1F. The van der Waals surface area contributed by atoms with E-state index in [4.69, 9.17) is 9.47 Å². The van der Waals surface area contributed by atoms with E-state index < -0.39 is 11.9 Å². The number of ketones is 1. The van der Waals surface area contributed by atoms with E-state index in [1.807, 2.05) is 0 Å². The van der Waals surface area contributed by atoms with Gasteiger partial charge in [0.2, 0.25) is 0 Å². The molecular weight excluding hydrogens is 417 g/mol. The largest absolute Gasteiger partial charge is 0.483 e. The van der Waals surface area contributed by atoms with Crippen LogP contribution >= 0.6 is 15.9 Å². The van der Waals surface area contributed by atoms with Gasteiger partial charge >= 0.3 is 0 Å². The molecule has 1 amide bonds. The van der Waals surface area contributed by atoms with Gasteiger partial charge in [0.25, 0.3) is 5.91 Å². The summed E-state index contributed by atoms with van der Waals surface area (Å²) in [5.41, 5.74) is 0.609. The Bertz CT molecular complexity index is 811. The average molecular weight is 438 g/mol. The fourth-order valence-electron chi connectivity index (χ4n) is 4.30. The second-order valence-corrected chi connectivity index (χ2v) is 8.49. The Morgan fingerprint density at radius 1 is 1.30 bits per heavy atom. The van der Waals surface area contributed by atoms with E-state index in [0.29, 0.717) is 24.2 Å². The Morgan fingerprint density at radius 2 is 2.07 bits per heavy atom. The fourth-order valence-corrected chi connectivity index (χ4v) is 4.97. The first-order valence-electron chi connectivity index (χ1n) is 9.16. The molecule has 3 aliphatic rings. The molecule has 0 spiro atoms. The van der Waals surface area contributed by atoms with E-state index >= 15 is 0 Å². The normalized spacial score (nSPS) is 30.3. The molecule has 1 saturated carbocycles. The van der Waals surface area contributed by atoms with E-state index in [0.717, 1.165) is 12.8 Å². The molecule has 1 fully saturated rings. The summed E-state index contributed by atoms with van der Waals surface area (Å²) in [5.74, 6) is -1.09. The van der Waals surface area contributed by atoms with Gasteiger partial charge in [-0.05, 0) is 25.3 Å². The summed E-state index contributed by atoms with van der Waals surface area (Å²) < 4.78 is 25.7. The Kier molecular flexibility index (Phi) is 5.07. The highest BCUT2D eigenvalue weighted by molar-refractivity contribution is 9.09. The van der Waals surface area contributed by atoms with Crippen molar-refractivity contribution >= 4 is 27.6 Å². The summed E-state index contributed by atoms with van der Waals surface area (Å²) in [6, 6.07) is 5.50. The van der Waals surface area contributed by atoms with Gasteiger partial charge in [0.15, 0.2) is 11.5 Å². The third-order valence-electron chi connectivity index (χ3n) is 5.62. The Morgan fingerprint density at radius 3 is 2.81 bits per heavy atom. The number of halogens is 2.